The van der Waals surface area contributed by atoms with E-state index in [0.717, 1.165) is 5.56 Å². The Hall–Kier alpha value is -2.20. The summed E-state index contributed by atoms with van der Waals surface area (Å²) in [4.78, 5) is 12.8. The number of benzene rings is 2. The highest BCUT2D eigenvalue weighted by molar-refractivity contribution is 5.94. The highest BCUT2D eigenvalue weighted by Crippen LogP contribution is 2.32. The van der Waals surface area contributed by atoms with E-state index < -0.39 is 5.54 Å². The van der Waals surface area contributed by atoms with Crippen LogP contribution in [0, 0.1) is 5.82 Å². The number of carbonyl (C=O) groups is 1. The SMILES string of the molecule is CC(C)c1ccc(C(=O)NC2(c3ccc(F)cc3)CCOCC2)cc1. The zero-order valence-electron chi connectivity index (χ0n) is 14.7. The second kappa shape index (κ2) is 7.36. The maximum absolute atomic E-state index is 13.3. The fourth-order valence-electron chi connectivity index (χ4n) is 3.28. The lowest BCUT2D eigenvalue weighted by atomic mass is 9.82. The van der Waals surface area contributed by atoms with Crippen LogP contribution in [0.4, 0.5) is 4.39 Å². The summed E-state index contributed by atoms with van der Waals surface area (Å²) >= 11 is 0. The van der Waals surface area contributed by atoms with E-state index in [0.29, 0.717) is 37.5 Å². The van der Waals surface area contributed by atoms with E-state index in [1.165, 1.54) is 17.7 Å². The van der Waals surface area contributed by atoms with Crippen LogP contribution in [0.1, 0.15) is 54.1 Å². The van der Waals surface area contributed by atoms with Crippen molar-refractivity contribution >= 4 is 5.91 Å². The fraction of sp³-hybridized carbons (Fsp3) is 0.381. The highest BCUT2D eigenvalue weighted by Gasteiger charge is 2.36. The lowest BCUT2D eigenvalue weighted by Crippen LogP contribution is -2.49. The van der Waals surface area contributed by atoms with Crippen molar-refractivity contribution in [1.29, 1.82) is 0 Å². The lowest BCUT2D eigenvalue weighted by Gasteiger charge is -2.38. The first kappa shape index (κ1) is 17.6. The van der Waals surface area contributed by atoms with Crippen LogP contribution < -0.4 is 5.32 Å². The minimum Gasteiger partial charge on any atom is -0.381 e. The molecular formula is C21H24FNO2. The molecule has 2 aromatic rings. The van der Waals surface area contributed by atoms with Gasteiger partial charge in [-0.15, -0.1) is 0 Å². The van der Waals surface area contributed by atoms with Crippen LogP contribution in [0.15, 0.2) is 48.5 Å². The van der Waals surface area contributed by atoms with Crippen LogP contribution in [0.2, 0.25) is 0 Å². The molecule has 4 heteroatoms. The summed E-state index contributed by atoms with van der Waals surface area (Å²) in [5, 5.41) is 3.19. The number of hydrogen-bond acceptors (Lipinski definition) is 2. The Morgan fingerprint density at radius 3 is 2.20 bits per heavy atom. The number of carbonyl (C=O) groups excluding carboxylic acids is 1. The summed E-state index contributed by atoms with van der Waals surface area (Å²) in [5.74, 6) is 0.0428. The van der Waals surface area contributed by atoms with Gasteiger partial charge in [0.1, 0.15) is 5.82 Å². The summed E-state index contributed by atoms with van der Waals surface area (Å²) in [6.45, 7) is 5.40. The average Bonchev–Trinajstić information content (AvgIpc) is 2.63. The van der Waals surface area contributed by atoms with E-state index in [4.69, 9.17) is 4.74 Å². The summed E-state index contributed by atoms with van der Waals surface area (Å²) in [6.07, 6.45) is 1.35. The average molecular weight is 341 g/mol. The van der Waals surface area contributed by atoms with E-state index in [9.17, 15) is 9.18 Å². The Morgan fingerprint density at radius 1 is 1.04 bits per heavy atom. The molecule has 0 bridgehead atoms. The van der Waals surface area contributed by atoms with Crippen molar-refractivity contribution in [1.82, 2.24) is 5.32 Å². The molecule has 3 nitrogen and oxygen atoms in total. The molecule has 0 atom stereocenters. The standard InChI is InChI=1S/C21H24FNO2/c1-15(2)16-3-5-17(6-4-16)20(24)23-21(11-13-25-14-12-21)18-7-9-19(22)10-8-18/h3-10,15H,11-14H2,1-2H3,(H,23,24). The second-order valence-electron chi connectivity index (χ2n) is 6.93. The van der Waals surface area contributed by atoms with Crippen LogP contribution in [0.5, 0.6) is 0 Å². The van der Waals surface area contributed by atoms with Crippen molar-refractivity contribution in [2.75, 3.05) is 13.2 Å². The minimum atomic E-state index is -0.514. The van der Waals surface area contributed by atoms with Gasteiger partial charge in [-0.3, -0.25) is 4.79 Å². The maximum atomic E-state index is 13.3. The number of hydrogen-bond donors (Lipinski definition) is 1. The molecule has 0 aliphatic carbocycles. The molecule has 2 aromatic carbocycles. The van der Waals surface area contributed by atoms with Gasteiger partial charge in [0.05, 0.1) is 5.54 Å². The van der Waals surface area contributed by atoms with E-state index in [-0.39, 0.29) is 11.7 Å². The minimum absolute atomic E-state index is 0.110. The molecule has 0 spiro atoms. The smallest absolute Gasteiger partial charge is 0.251 e. The van der Waals surface area contributed by atoms with Gasteiger partial charge < -0.3 is 10.1 Å². The lowest BCUT2D eigenvalue weighted by molar-refractivity contribution is 0.0345. The Kier molecular flexibility index (Phi) is 5.19. The van der Waals surface area contributed by atoms with Gasteiger partial charge in [-0.1, -0.05) is 38.1 Å². The Morgan fingerprint density at radius 2 is 1.64 bits per heavy atom. The Bertz CT molecular complexity index is 717. The van der Waals surface area contributed by atoms with Crippen LogP contribution in [0.3, 0.4) is 0 Å². The van der Waals surface area contributed by atoms with Crippen LogP contribution in [-0.2, 0) is 10.3 Å². The van der Waals surface area contributed by atoms with Gasteiger partial charge in [0.25, 0.3) is 5.91 Å². The van der Waals surface area contributed by atoms with Crippen molar-refractivity contribution in [3.05, 3.63) is 71.0 Å². The third-order valence-electron chi connectivity index (χ3n) is 4.94. The predicted molar refractivity (Wildman–Crippen MR) is 96.1 cm³/mol. The molecular weight excluding hydrogens is 317 g/mol. The van der Waals surface area contributed by atoms with Gasteiger partial charge in [-0.2, -0.15) is 0 Å². The summed E-state index contributed by atoms with van der Waals surface area (Å²) in [7, 11) is 0. The molecule has 1 aliphatic heterocycles. The topological polar surface area (TPSA) is 38.3 Å². The third kappa shape index (κ3) is 3.90. The third-order valence-corrected chi connectivity index (χ3v) is 4.94. The highest BCUT2D eigenvalue weighted by atomic mass is 19.1. The molecule has 1 N–H and O–H groups in total. The van der Waals surface area contributed by atoms with Gasteiger partial charge in [0, 0.05) is 18.8 Å². The molecule has 1 saturated heterocycles. The van der Waals surface area contributed by atoms with Crippen molar-refractivity contribution in [3.8, 4) is 0 Å². The molecule has 0 unspecified atom stereocenters. The van der Waals surface area contributed by atoms with Crippen molar-refractivity contribution < 1.29 is 13.9 Å². The number of amides is 1. The van der Waals surface area contributed by atoms with Crippen LogP contribution in [-0.4, -0.2) is 19.1 Å². The predicted octanol–water partition coefficient (Wildman–Crippen LogP) is 4.38. The Balaban J connectivity index is 1.85. The van der Waals surface area contributed by atoms with E-state index in [1.807, 2.05) is 24.3 Å². The molecule has 132 valence electrons. The number of ether oxygens (including phenoxy) is 1. The second-order valence-corrected chi connectivity index (χ2v) is 6.93. The van der Waals surface area contributed by atoms with Crippen LogP contribution >= 0.6 is 0 Å². The first-order valence-electron chi connectivity index (χ1n) is 8.76. The molecule has 25 heavy (non-hydrogen) atoms. The monoisotopic (exact) mass is 341 g/mol. The molecule has 0 saturated carbocycles. The molecule has 3 rings (SSSR count). The van der Waals surface area contributed by atoms with E-state index in [1.54, 1.807) is 12.1 Å². The molecule has 0 aromatic heterocycles. The first-order valence-corrected chi connectivity index (χ1v) is 8.76. The summed E-state index contributed by atoms with van der Waals surface area (Å²) in [5.41, 5.74) is 2.25. The molecule has 1 heterocycles. The molecule has 1 amide bonds. The zero-order chi connectivity index (χ0) is 17.9. The maximum Gasteiger partial charge on any atom is 0.251 e. The fourth-order valence-corrected chi connectivity index (χ4v) is 3.28. The van der Waals surface area contributed by atoms with Gasteiger partial charge in [-0.05, 0) is 54.2 Å². The van der Waals surface area contributed by atoms with Crippen molar-refractivity contribution in [2.45, 2.75) is 38.1 Å². The number of nitrogens with one attached hydrogen (secondary N) is 1. The van der Waals surface area contributed by atoms with Crippen molar-refractivity contribution in [2.24, 2.45) is 0 Å². The normalized spacial score (nSPS) is 16.6. The van der Waals surface area contributed by atoms with E-state index in [2.05, 4.69) is 19.2 Å². The van der Waals surface area contributed by atoms with Gasteiger partial charge >= 0.3 is 0 Å². The number of rotatable bonds is 4. The molecule has 1 fully saturated rings. The van der Waals surface area contributed by atoms with Gasteiger partial charge in [0.2, 0.25) is 0 Å². The van der Waals surface area contributed by atoms with Crippen molar-refractivity contribution in [3.63, 3.8) is 0 Å². The first-order chi connectivity index (χ1) is 12.0. The van der Waals surface area contributed by atoms with E-state index >= 15 is 0 Å². The number of halogens is 1. The molecule has 0 radical (unpaired) electrons. The largest absolute Gasteiger partial charge is 0.381 e. The quantitative estimate of drug-likeness (QED) is 0.896. The molecule has 1 aliphatic rings. The zero-order valence-corrected chi connectivity index (χ0v) is 14.7. The van der Waals surface area contributed by atoms with Gasteiger partial charge in [-0.25, -0.2) is 4.39 Å². The summed E-state index contributed by atoms with van der Waals surface area (Å²) < 4.78 is 18.8. The summed E-state index contributed by atoms with van der Waals surface area (Å²) in [6, 6.07) is 14.1. The van der Waals surface area contributed by atoms with Crippen LogP contribution in [0.25, 0.3) is 0 Å². The Labute approximate surface area is 148 Å². The van der Waals surface area contributed by atoms with Gasteiger partial charge in [0.15, 0.2) is 0 Å².